The van der Waals surface area contributed by atoms with Crippen molar-refractivity contribution < 1.29 is 0 Å². The molecule has 0 aliphatic heterocycles. The maximum atomic E-state index is 6.34. The van der Waals surface area contributed by atoms with Gasteiger partial charge >= 0.3 is 0 Å². The predicted octanol–water partition coefficient (Wildman–Crippen LogP) is 2.51. The number of hydrogen-bond acceptors (Lipinski definition) is 3. The molecule has 2 nitrogen and oxygen atoms in total. The van der Waals surface area contributed by atoms with Crippen molar-refractivity contribution >= 4 is 11.5 Å². The first-order chi connectivity index (χ1) is 6.02. The molecule has 0 radical (unpaired) electrons. The van der Waals surface area contributed by atoms with Crippen molar-refractivity contribution in [1.82, 2.24) is 4.37 Å². The lowest BCUT2D eigenvalue weighted by atomic mass is 9.87. The van der Waals surface area contributed by atoms with Gasteiger partial charge in [0.1, 0.15) is 0 Å². The van der Waals surface area contributed by atoms with E-state index in [-0.39, 0.29) is 5.54 Å². The van der Waals surface area contributed by atoms with Crippen molar-refractivity contribution in [3.8, 4) is 0 Å². The summed E-state index contributed by atoms with van der Waals surface area (Å²) < 4.78 is 4.35. The second-order valence-corrected chi connectivity index (χ2v) is 5.55. The second kappa shape index (κ2) is 2.79. The summed E-state index contributed by atoms with van der Waals surface area (Å²) in [5.74, 6) is 0. The third kappa shape index (κ3) is 1.63. The van der Waals surface area contributed by atoms with Crippen LogP contribution in [0.15, 0.2) is 11.4 Å². The minimum absolute atomic E-state index is 0.149. The number of aromatic nitrogens is 1. The molecule has 1 aliphatic carbocycles. The Balaban J connectivity index is 2.25. The van der Waals surface area contributed by atoms with Crippen molar-refractivity contribution in [3.63, 3.8) is 0 Å². The van der Waals surface area contributed by atoms with Crippen LogP contribution in [0, 0.1) is 5.41 Å². The van der Waals surface area contributed by atoms with E-state index in [9.17, 15) is 0 Å². The Labute approximate surface area is 83.3 Å². The van der Waals surface area contributed by atoms with Crippen LogP contribution in [0.1, 0.15) is 38.8 Å². The van der Waals surface area contributed by atoms with Crippen LogP contribution in [0.5, 0.6) is 0 Å². The van der Waals surface area contributed by atoms with Gasteiger partial charge in [0.25, 0.3) is 0 Å². The van der Waals surface area contributed by atoms with Crippen LogP contribution >= 0.6 is 11.5 Å². The minimum Gasteiger partial charge on any atom is -0.320 e. The molecule has 0 aromatic carbocycles. The summed E-state index contributed by atoms with van der Waals surface area (Å²) in [6, 6.07) is 2.06. The molecule has 1 atom stereocenters. The summed E-state index contributed by atoms with van der Waals surface area (Å²) in [6.45, 7) is 4.57. The number of nitrogens with zero attached hydrogens (tertiary/aromatic N) is 1. The molecule has 0 saturated heterocycles. The highest BCUT2D eigenvalue weighted by atomic mass is 32.1. The SMILES string of the molecule is CC1(C)CCC(N)(c2ccsn2)C1. The van der Waals surface area contributed by atoms with E-state index in [1.54, 1.807) is 0 Å². The minimum atomic E-state index is -0.149. The van der Waals surface area contributed by atoms with Gasteiger partial charge in [0.05, 0.1) is 11.2 Å². The van der Waals surface area contributed by atoms with E-state index in [1.165, 1.54) is 18.0 Å². The molecule has 0 amide bonds. The topological polar surface area (TPSA) is 38.9 Å². The van der Waals surface area contributed by atoms with Gasteiger partial charge in [-0.1, -0.05) is 13.8 Å². The largest absolute Gasteiger partial charge is 0.320 e. The first-order valence-corrected chi connectivity index (χ1v) is 5.55. The molecule has 1 aromatic heterocycles. The molecule has 72 valence electrons. The first kappa shape index (κ1) is 9.16. The van der Waals surface area contributed by atoms with E-state index in [4.69, 9.17) is 5.73 Å². The fraction of sp³-hybridized carbons (Fsp3) is 0.700. The maximum Gasteiger partial charge on any atom is 0.0741 e. The highest BCUT2D eigenvalue weighted by molar-refractivity contribution is 7.03. The van der Waals surface area contributed by atoms with E-state index in [0.717, 1.165) is 18.5 Å². The van der Waals surface area contributed by atoms with Crippen LogP contribution in [-0.2, 0) is 5.54 Å². The second-order valence-electron chi connectivity index (χ2n) is 4.88. The summed E-state index contributed by atoms with van der Waals surface area (Å²) in [6.07, 6.45) is 3.34. The molecular weight excluding hydrogens is 180 g/mol. The van der Waals surface area contributed by atoms with E-state index in [0.29, 0.717) is 5.41 Å². The Bertz CT molecular complexity index is 292. The number of rotatable bonds is 1. The summed E-state index contributed by atoms with van der Waals surface area (Å²) in [5, 5.41) is 2.01. The van der Waals surface area contributed by atoms with Gasteiger partial charge in [0.2, 0.25) is 0 Å². The smallest absolute Gasteiger partial charge is 0.0741 e. The summed E-state index contributed by atoms with van der Waals surface area (Å²) in [7, 11) is 0. The lowest BCUT2D eigenvalue weighted by Gasteiger charge is -2.24. The summed E-state index contributed by atoms with van der Waals surface area (Å²) in [5.41, 5.74) is 7.67. The summed E-state index contributed by atoms with van der Waals surface area (Å²) >= 11 is 1.50. The standard InChI is InChI=1S/C10H16N2S/c1-9(2)4-5-10(11,7-9)8-3-6-13-12-8/h3,6H,4-5,7,11H2,1-2H3. The van der Waals surface area contributed by atoms with Crippen LogP contribution in [0.4, 0.5) is 0 Å². The Hall–Kier alpha value is -0.410. The van der Waals surface area contributed by atoms with E-state index >= 15 is 0 Å². The first-order valence-electron chi connectivity index (χ1n) is 4.72. The fourth-order valence-electron chi connectivity index (χ4n) is 2.28. The van der Waals surface area contributed by atoms with Gasteiger partial charge in [-0.2, -0.15) is 4.37 Å². The number of hydrogen-bond donors (Lipinski definition) is 1. The third-order valence-corrected chi connectivity index (χ3v) is 3.55. The Morgan fingerprint density at radius 3 is 2.69 bits per heavy atom. The zero-order valence-corrected chi connectivity index (χ0v) is 9.03. The van der Waals surface area contributed by atoms with E-state index < -0.39 is 0 Å². The Morgan fingerprint density at radius 1 is 1.46 bits per heavy atom. The van der Waals surface area contributed by atoms with Gasteiger partial charge in [-0.25, -0.2) is 0 Å². The van der Waals surface area contributed by atoms with Crippen LogP contribution in [-0.4, -0.2) is 4.37 Å². The lowest BCUT2D eigenvalue weighted by molar-refractivity contribution is 0.337. The van der Waals surface area contributed by atoms with Crippen molar-refractivity contribution in [2.24, 2.45) is 11.1 Å². The molecule has 0 spiro atoms. The van der Waals surface area contributed by atoms with Gasteiger partial charge in [-0.05, 0) is 42.3 Å². The average molecular weight is 196 g/mol. The zero-order valence-electron chi connectivity index (χ0n) is 8.21. The van der Waals surface area contributed by atoms with Crippen LogP contribution < -0.4 is 5.73 Å². The van der Waals surface area contributed by atoms with Gasteiger partial charge in [-0.15, -0.1) is 0 Å². The third-order valence-electron chi connectivity index (χ3n) is 2.99. The predicted molar refractivity (Wildman–Crippen MR) is 55.6 cm³/mol. The van der Waals surface area contributed by atoms with Crippen molar-refractivity contribution in [1.29, 1.82) is 0 Å². The molecule has 3 heteroatoms. The van der Waals surface area contributed by atoms with Crippen molar-refractivity contribution in [3.05, 3.63) is 17.1 Å². The highest BCUT2D eigenvalue weighted by Crippen LogP contribution is 2.46. The van der Waals surface area contributed by atoms with Gasteiger partial charge in [0, 0.05) is 5.38 Å². The van der Waals surface area contributed by atoms with Crippen molar-refractivity contribution in [2.45, 2.75) is 38.6 Å². The highest BCUT2D eigenvalue weighted by Gasteiger charge is 2.42. The molecule has 1 saturated carbocycles. The number of nitrogens with two attached hydrogens (primary N) is 1. The van der Waals surface area contributed by atoms with E-state index in [2.05, 4.69) is 24.3 Å². The quantitative estimate of drug-likeness (QED) is 0.749. The van der Waals surface area contributed by atoms with Crippen LogP contribution in [0.25, 0.3) is 0 Å². The molecule has 1 unspecified atom stereocenters. The molecule has 13 heavy (non-hydrogen) atoms. The fourth-order valence-corrected chi connectivity index (χ4v) is 2.89. The molecule has 1 aliphatic rings. The van der Waals surface area contributed by atoms with Gasteiger partial charge in [0.15, 0.2) is 0 Å². The molecule has 1 fully saturated rings. The molecule has 1 aromatic rings. The van der Waals surface area contributed by atoms with Gasteiger partial charge in [-0.3, -0.25) is 0 Å². The Morgan fingerprint density at radius 2 is 2.23 bits per heavy atom. The lowest BCUT2D eigenvalue weighted by Crippen LogP contribution is -2.34. The monoisotopic (exact) mass is 196 g/mol. The molecule has 1 heterocycles. The average Bonchev–Trinajstić information content (AvgIpc) is 2.58. The van der Waals surface area contributed by atoms with Crippen molar-refractivity contribution in [2.75, 3.05) is 0 Å². The Kier molecular flexibility index (Phi) is 1.96. The molecule has 2 N–H and O–H groups in total. The van der Waals surface area contributed by atoms with Crippen LogP contribution in [0.3, 0.4) is 0 Å². The molecular formula is C10H16N2S. The molecule has 0 bridgehead atoms. The van der Waals surface area contributed by atoms with Gasteiger partial charge < -0.3 is 5.73 Å². The summed E-state index contributed by atoms with van der Waals surface area (Å²) in [4.78, 5) is 0. The molecule has 2 rings (SSSR count). The van der Waals surface area contributed by atoms with Crippen LogP contribution in [0.2, 0.25) is 0 Å². The zero-order chi connectivity index (χ0) is 9.53. The maximum absolute atomic E-state index is 6.34. The normalized spacial score (nSPS) is 32.2. The van der Waals surface area contributed by atoms with E-state index in [1.807, 2.05) is 5.38 Å².